The van der Waals surface area contributed by atoms with Crippen LogP contribution >= 0.6 is 11.6 Å². The van der Waals surface area contributed by atoms with Crippen molar-refractivity contribution in [2.45, 2.75) is 6.18 Å². The van der Waals surface area contributed by atoms with Gasteiger partial charge in [0.25, 0.3) is 0 Å². The van der Waals surface area contributed by atoms with Gasteiger partial charge in [-0.1, -0.05) is 17.7 Å². The number of aromatic amines is 3. The number of aromatic nitrogens is 6. The minimum Gasteiger partial charge on any atom is -0.493 e. The Kier molecular flexibility index (Phi) is 3.65. The van der Waals surface area contributed by atoms with E-state index in [0.717, 1.165) is 0 Å². The van der Waals surface area contributed by atoms with Gasteiger partial charge in [0, 0.05) is 22.7 Å². The van der Waals surface area contributed by atoms with Crippen molar-refractivity contribution in [2.24, 2.45) is 0 Å². The molecule has 4 rings (SSSR count). The van der Waals surface area contributed by atoms with Crippen LogP contribution in [0, 0.1) is 0 Å². The first-order valence-electron chi connectivity index (χ1n) is 7.27. The average molecular weight is 383 g/mol. The van der Waals surface area contributed by atoms with E-state index in [1.807, 2.05) is 0 Å². The van der Waals surface area contributed by atoms with Crippen LogP contribution in [0.4, 0.5) is 13.2 Å². The van der Waals surface area contributed by atoms with Crippen molar-refractivity contribution in [1.82, 2.24) is 30.4 Å². The Bertz CT molecular complexity index is 1080. The van der Waals surface area contributed by atoms with E-state index >= 15 is 0 Å². The third-order valence-corrected chi connectivity index (χ3v) is 4.16. The summed E-state index contributed by atoms with van der Waals surface area (Å²) in [5, 5.41) is 14.5. The van der Waals surface area contributed by atoms with Crippen LogP contribution in [0.5, 0.6) is 5.75 Å². The Morgan fingerprint density at radius 3 is 2.58 bits per heavy atom. The van der Waals surface area contributed by atoms with Crippen molar-refractivity contribution in [3.8, 4) is 28.4 Å². The van der Waals surface area contributed by atoms with Crippen LogP contribution in [0.25, 0.3) is 33.5 Å². The van der Waals surface area contributed by atoms with Crippen LogP contribution in [-0.4, -0.2) is 37.5 Å². The van der Waals surface area contributed by atoms with Gasteiger partial charge >= 0.3 is 6.18 Å². The lowest BCUT2D eigenvalue weighted by molar-refractivity contribution is -0.144. The molecule has 3 aromatic heterocycles. The summed E-state index contributed by atoms with van der Waals surface area (Å²) in [4.78, 5) is 5.24. The van der Waals surface area contributed by atoms with Gasteiger partial charge in [-0.15, -0.1) is 10.2 Å². The highest BCUT2D eigenvalue weighted by molar-refractivity contribution is 6.33. The van der Waals surface area contributed by atoms with Gasteiger partial charge in [0.2, 0.25) is 5.82 Å². The maximum Gasteiger partial charge on any atom is 0.451 e. The second kappa shape index (κ2) is 5.77. The monoisotopic (exact) mass is 382 g/mol. The van der Waals surface area contributed by atoms with Crippen molar-refractivity contribution in [1.29, 1.82) is 0 Å². The lowest BCUT2D eigenvalue weighted by Crippen LogP contribution is -2.07. The molecule has 0 saturated carbocycles. The van der Waals surface area contributed by atoms with Crippen LogP contribution in [0.1, 0.15) is 5.82 Å². The third kappa shape index (κ3) is 2.49. The van der Waals surface area contributed by atoms with Crippen LogP contribution in [0.2, 0.25) is 5.02 Å². The van der Waals surface area contributed by atoms with Gasteiger partial charge in [0.05, 0.1) is 29.5 Å². The van der Waals surface area contributed by atoms with Crippen LogP contribution in [0.3, 0.4) is 0 Å². The molecule has 0 fully saturated rings. The summed E-state index contributed by atoms with van der Waals surface area (Å²) in [7, 11) is 1.45. The highest BCUT2D eigenvalue weighted by Crippen LogP contribution is 2.42. The molecule has 0 aliphatic rings. The first-order valence-corrected chi connectivity index (χ1v) is 7.65. The molecule has 0 atom stereocenters. The standard InChI is InChI=1S/C15H10ClF3N6O/c1-26-12-8(16)3-2-7-9(6-4-20-21-5-6)11(22-10(7)12)13-23-14(25-24-13)15(17,18)19/h2-5,22H,1H3,(H,20,21)(H,23,24,25). The zero-order valence-electron chi connectivity index (χ0n) is 13.1. The molecule has 0 radical (unpaired) electrons. The summed E-state index contributed by atoms with van der Waals surface area (Å²) in [6.45, 7) is 0. The van der Waals surface area contributed by atoms with Crippen molar-refractivity contribution in [3.63, 3.8) is 0 Å². The summed E-state index contributed by atoms with van der Waals surface area (Å²) in [6, 6.07) is 3.38. The van der Waals surface area contributed by atoms with Gasteiger partial charge in [0.15, 0.2) is 11.6 Å². The summed E-state index contributed by atoms with van der Waals surface area (Å²) in [5.74, 6) is -0.882. The largest absolute Gasteiger partial charge is 0.493 e. The molecule has 1 aromatic carbocycles. The highest BCUT2D eigenvalue weighted by Gasteiger charge is 2.36. The summed E-state index contributed by atoms with van der Waals surface area (Å²) in [5.41, 5.74) is 2.08. The molecule has 0 bridgehead atoms. The zero-order chi connectivity index (χ0) is 18.5. The molecule has 26 heavy (non-hydrogen) atoms. The quantitative estimate of drug-likeness (QED) is 0.498. The molecule has 7 nitrogen and oxygen atoms in total. The second-order valence-electron chi connectivity index (χ2n) is 5.39. The van der Waals surface area contributed by atoms with E-state index < -0.39 is 12.0 Å². The lowest BCUT2D eigenvalue weighted by Gasteiger charge is -2.04. The van der Waals surface area contributed by atoms with Crippen molar-refractivity contribution < 1.29 is 17.9 Å². The molecular formula is C15H10ClF3N6O. The number of alkyl halides is 3. The van der Waals surface area contributed by atoms with Gasteiger partial charge in [0.1, 0.15) is 0 Å². The fourth-order valence-electron chi connectivity index (χ4n) is 2.78. The number of rotatable bonds is 3. The third-order valence-electron chi connectivity index (χ3n) is 3.86. The van der Waals surface area contributed by atoms with E-state index in [0.29, 0.717) is 38.5 Å². The second-order valence-corrected chi connectivity index (χ2v) is 5.79. The molecule has 11 heteroatoms. The number of ether oxygens (including phenoxy) is 1. The molecule has 134 valence electrons. The molecule has 3 N–H and O–H groups in total. The molecule has 0 aliphatic carbocycles. The fraction of sp³-hybridized carbons (Fsp3) is 0.133. The van der Waals surface area contributed by atoms with Gasteiger partial charge in [-0.3, -0.25) is 5.10 Å². The Labute approximate surface area is 148 Å². The molecule has 0 amide bonds. The molecule has 0 spiro atoms. The Hall–Kier alpha value is -3.01. The zero-order valence-corrected chi connectivity index (χ0v) is 13.8. The predicted octanol–water partition coefficient (Wildman–Crippen LogP) is 4.02. The van der Waals surface area contributed by atoms with E-state index in [1.54, 1.807) is 24.5 Å². The molecule has 0 aliphatic heterocycles. The molecule has 0 unspecified atom stereocenters. The normalized spacial score (nSPS) is 12.0. The van der Waals surface area contributed by atoms with E-state index in [-0.39, 0.29) is 5.82 Å². The molecular weight excluding hydrogens is 373 g/mol. The fourth-order valence-corrected chi connectivity index (χ4v) is 3.01. The maximum atomic E-state index is 12.9. The van der Waals surface area contributed by atoms with Gasteiger partial charge in [-0.2, -0.15) is 18.3 Å². The lowest BCUT2D eigenvalue weighted by atomic mass is 10.0. The first-order chi connectivity index (χ1) is 12.4. The average Bonchev–Trinajstić information content (AvgIpc) is 3.31. The van der Waals surface area contributed by atoms with E-state index in [2.05, 4.69) is 30.4 Å². The van der Waals surface area contributed by atoms with Crippen molar-refractivity contribution >= 4 is 22.5 Å². The van der Waals surface area contributed by atoms with Crippen molar-refractivity contribution in [3.05, 3.63) is 35.4 Å². The van der Waals surface area contributed by atoms with E-state index in [9.17, 15) is 13.2 Å². The Balaban J connectivity index is 2.02. The number of hydrogen-bond acceptors (Lipinski definition) is 4. The number of hydrogen-bond donors (Lipinski definition) is 3. The number of nitrogens with one attached hydrogen (secondary N) is 3. The SMILES string of the molecule is COc1c(Cl)ccc2c(-c3cn[nH]c3)c(-c3nnc(C(F)(F)F)[nH]3)[nH]c12. The van der Waals surface area contributed by atoms with Crippen LogP contribution in [0.15, 0.2) is 24.5 Å². The van der Waals surface area contributed by atoms with Crippen molar-refractivity contribution in [2.75, 3.05) is 7.11 Å². The van der Waals surface area contributed by atoms with Crippen LogP contribution in [-0.2, 0) is 6.18 Å². The molecule has 4 aromatic rings. The number of nitrogens with zero attached hydrogens (tertiary/aromatic N) is 3. The van der Waals surface area contributed by atoms with Gasteiger partial charge < -0.3 is 14.7 Å². The topological polar surface area (TPSA) is 95.3 Å². The number of methoxy groups -OCH3 is 1. The number of halogens is 4. The van der Waals surface area contributed by atoms with Gasteiger partial charge in [-0.25, -0.2) is 0 Å². The number of benzene rings is 1. The first kappa shape index (κ1) is 16.5. The summed E-state index contributed by atoms with van der Waals surface area (Å²) in [6.07, 6.45) is -1.46. The molecule has 0 saturated heterocycles. The van der Waals surface area contributed by atoms with E-state index in [1.165, 1.54) is 7.11 Å². The van der Waals surface area contributed by atoms with Gasteiger partial charge in [-0.05, 0) is 6.07 Å². The maximum absolute atomic E-state index is 12.9. The number of fused-ring (bicyclic) bond motifs is 1. The summed E-state index contributed by atoms with van der Waals surface area (Å²) < 4.78 is 43.9. The predicted molar refractivity (Wildman–Crippen MR) is 87.8 cm³/mol. The smallest absolute Gasteiger partial charge is 0.451 e. The minimum atomic E-state index is -4.63. The summed E-state index contributed by atoms with van der Waals surface area (Å²) >= 11 is 6.15. The number of H-pyrrole nitrogens is 3. The minimum absolute atomic E-state index is 0.0668. The Morgan fingerprint density at radius 2 is 1.96 bits per heavy atom. The van der Waals surface area contributed by atoms with Crippen LogP contribution < -0.4 is 4.74 Å². The van der Waals surface area contributed by atoms with E-state index in [4.69, 9.17) is 16.3 Å². The Morgan fingerprint density at radius 1 is 1.15 bits per heavy atom. The highest BCUT2D eigenvalue weighted by atomic mass is 35.5. The molecule has 3 heterocycles.